The van der Waals surface area contributed by atoms with Gasteiger partial charge in [-0.2, -0.15) is 0 Å². The Morgan fingerprint density at radius 3 is 1.89 bits per heavy atom. The van der Waals surface area contributed by atoms with E-state index in [9.17, 15) is 29.1 Å². The van der Waals surface area contributed by atoms with Gasteiger partial charge in [-0.3, -0.25) is 24.0 Å². The summed E-state index contributed by atoms with van der Waals surface area (Å²) in [5.41, 5.74) is 4.86. The van der Waals surface area contributed by atoms with E-state index in [0.717, 1.165) is 33.5 Å². The molecule has 0 bridgehead atoms. The van der Waals surface area contributed by atoms with Crippen molar-refractivity contribution in [1.29, 1.82) is 0 Å². The predicted molar refractivity (Wildman–Crippen MR) is 266 cm³/mol. The Kier molecular flexibility index (Phi) is 17.0. The fourth-order valence-electron chi connectivity index (χ4n) is 10.3. The molecule has 4 aliphatic rings. The molecule has 0 aliphatic carbocycles. The van der Waals surface area contributed by atoms with Gasteiger partial charge in [-0.25, -0.2) is 0 Å². The number of para-hydroxylation sites is 1. The van der Waals surface area contributed by atoms with Crippen LogP contribution in [-0.4, -0.2) is 120 Å². The summed E-state index contributed by atoms with van der Waals surface area (Å²) in [7, 11) is 0. The Labute approximate surface area is 424 Å². The van der Waals surface area contributed by atoms with Gasteiger partial charge in [0, 0.05) is 77.5 Å². The van der Waals surface area contributed by atoms with E-state index < -0.39 is 72.3 Å². The first-order valence-electron chi connectivity index (χ1n) is 24.3. The van der Waals surface area contributed by atoms with Crippen LogP contribution in [0.1, 0.15) is 93.1 Å². The van der Waals surface area contributed by atoms with Crippen molar-refractivity contribution in [2.75, 3.05) is 37.8 Å². The summed E-state index contributed by atoms with van der Waals surface area (Å²) in [5.74, 6) is -2.89. The number of hydrogen-bond donors (Lipinski definition) is 3. The van der Waals surface area contributed by atoms with Crippen LogP contribution in [-0.2, 0) is 70.3 Å². The molecular weight excluding hydrogens is 945 g/mol. The summed E-state index contributed by atoms with van der Waals surface area (Å²) in [4.78, 5) is 67.2. The van der Waals surface area contributed by atoms with Crippen molar-refractivity contribution >= 4 is 52.7 Å². The Morgan fingerprint density at radius 1 is 0.694 bits per heavy atom. The van der Waals surface area contributed by atoms with Crippen LogP contribution < -0.4 is 15.5 Å². The van der Waals surface area contributed by atoms with Gasteiger partial charge in [-0.15, -0.1) is 0 Å². The van der Waals surface area contributed by atoms with Crippen molar-refractivity contribution in [3.63, 3.8) is 0 Å². The number of nitrogens with one attached hydrogen (secondary N) is 2. The number of amides is 1. The van der Waals surface area contributed by atoms with Gasteiger partial charge < -0.3 is 58.7 Å². The quantitative estimate of drug-likeness (QED) is 0.0724. The third-order valence-electron chi connectivity index (χ3n) is 13.7. The van der Waals surface area contributed by atoms with Gasteiger partial charge in [0.25, 0.3) is 0 Å². The number of esters is 4. The summed E-state index contributed by atoms with van der Waals surface area (Å²) < 4.78 is 42.3. The van der Waals surface area contributed by atoms with Crippen molar-refractivity contribution in [2.24, 2.45) is 0 Å². The number of carbonyl (C=O) groups excluding carboxylic acids is 5. The molecule has 3 N–H and O–H groups in total. The fraction of sp³-hybridized carbons (Fsp3) is 0.444. The Bertz CT molecular complexity index is 2530. The Balaban J connectivity index is 0.993. The van der Waals surface area contributed by atoms with Gasteiger partial charge >= 0.3 is 23.9 Å². The molecule has 4 saturated heterocycles. The molecule has 4 heterocycles. The highest BCUT2D eigenvalue weighted by Gasteiger charge is 2.53. The van der Waals surface area contributed by atoms with E-state index in [0.29, 0.717) is 50.7 Å². The van der Waals surface area contributed by atoms with Gasteiger partial charge in [0.15, 0.2) is 24.6 Å². The number of anilines is 1. The number of rotatable bonds is 16. The SMILES string of the molecule is CC(=O)OC[C@H]1O[C@@H](CC(=S)NCc2ccc(C3O[C@H](CN4CCC5(CC4)C(=O)NCN5c4ccccc4)[C@@H](c4ccccc4)[C@H](c4ccc(CO)cc4)O3)cc2)[C@H](OC(C)=O)[C@@H](OC(C)=O)[C@@H]1OC(C)=O. The molecule has 9 atom stereocenters. The van der Waals surface area contributed by atoms with Crippen LogP contribution in [0.4, 0.5) is 5.69 Å². The van der Waals surface area contributed by atoms with Crippen LogP contribution in [0.25, 0.3) is 0 Å². The summed E-state index contributed by atoms with van der Waals surface area (Å²) in [6, 6.07) is 36.0. The molecule has 72 heavy (non-hydrogen) atoms. The highest BCUT2D eigenvalue weighted by molar-refractivity contribution is 7.80. The van der Waals surface area contributed by atoms with Crippen molar-refractivity contribution in [1.82, 2.24) is 15.5 Å². The highest BCUT2D eigenvalue weighted by atomic mass is 32.1. The topological polar surface area (TPSA) is 201 Å². The van der Waals surface area contributed by atoms with Gasteiger partial charge in [0.1, 0.15) is 24.4 Å². The first-order valence-corrected chi connectivity index (χ1v) is 24.7. The molecule has 1 spiro atoms. The van der Waals surface area contributed by atoms with E-state index in [1.165, 1.54) is 27.7 Å². The average molecular weight is 1010 g/mol. The van der Waals surface area contributed by atoms with Gasteiger partial charge in [-0.05, 0) is 47.2 Å². The van der Waals surface area contributed by atoms with E-state index in [2.05, 4.69) is 44.7 Å². The summed E-state index contributed by atoms with van der Waals surface area (Å²) >= 11 is 5.78. The molecule has 4 fully saturated rings. The normalized spacial score (nSPS) is 26.0. The molecule has 382 valence electrons. The van der Waals surface area contributed by atoms with Crippen molar-refractivity contribution in [3.05, 3.63) is 137 Å². The van der Waals surface area contributed by atoms with Crippen LogP contribution in [0, 0.1) is 0 Å². The number of hydrogen-bond acceptors (Lipinski definition) is 16. The van der Waals surface area contributed by atoms with Gasteiger partial charge in [0.2, 0.25) is 5.91 Å². The molecular formula is C54H62N4O13S. The molecule has 0 saturated carbocycles. The molecule has 0 aromatic heterocycles. The van der Waals surface area contributed by atoms with Crippen LogP contribution in [0.15, 0.2) is 109 Å². The first-order chi connectivity index (χ1) is 34.7. The number of ether oxygens (including phenoxy) is 7. The smallest absolute Gasteiger partial charge is 0.303 e. The number of likely N-dealkylation sites (tertiary alicyclic amines) is 1. The largest absolute Gasteiger partial charge is 0.463 e. The molecule has 8 rings (SSSR count). The van der Waals surface area contributed by atoms with E-state index in [1.54, 1.807) is 0 Å². The maximum Gasteiger partial charge on any atom is 0.303 e. The standard InChI is InChI=1S/C54H62N4O13S/c1-33(60)65-31-45-50(67-35(3)62)51(68-36(4)63)49(66-34(2)61)43(69-45)27-46(72)55-28-37-15-21-41(22-16-37)52-70-44(47(39-11-7-5-8-12-39)48(71-52)40-19-17-38(30-59)18-20-40)29-57-25-23-54(24-26-57)53(64)56-32-58(54)42-13-9-6-10-14-42/h5-22,43-45,47-52,59H,23-32H2,1-4H3,(H,55,72)(H,56,64)/t43-,44+,45+,47+,48-,49-,50+,51+,52?/m0/s1. The summed E-state index contributed by atoms with van der Waals surface area (Å²) in [6.45, 7) is 7.05. The number of aliphatic hydroxyl groups excluding tert-OH is 1. The third kappa shape index (κ3) is 12.3. The first kappa shape index (κ1) is 52.1. The van der Waals surface area contributed by atoms with Crippen molar-refractivity contribution < 1.29 is 62.2 Å². The van der Waals surface area contributed by atoms with E-state index in [-0.39, 0.29) is 37.6 Å². The lowest BCUT2D eigenvalue weighted by Gasteiger charge is -2.47. The lowest BCUT2D eigenvalue weighted by atomic mass is 9.82. The van der Waals surface area contributed by atoms with E-state index >= 15 is 0 Å². The van der Waals surface area contributed by atoms with Crippen molar-refractivity contribution in [3.8, 4) is 0 Å². The predicted octanol–water partition coefficient (Wildman–Crippen LogP) is 5.48. The van der Waals surface area contributed by atoms with E-state index in [1.807, 2.05) is 84.9 Å². The van der Waals surface area contributed by atoms with Gasteiger partial charge in [0.05, 0.1) is 30.5 Å². The van der Waals surface area contributed by atoms with Crippen molar-refractivity contribution in [2.45, 2.75) is 121 Å². The highest BCUT2D eigenvalue weighted by Crippen LogP contribution is 2.48. The lowest BCUT2D eigenvalue weighted by Crippen LogP contribution is -2.62. The maximum absolute atomic E-state index is 13.6. The maximum atomic E-state index is 13.6. The Hall–Kier alpha value is -6.28. The lowest BCUT2D eigenvalue weighted by molar-refractivity contribution is -0.264. The second-order valence-corrected chi connectivity index (χ2v) is 19.1. The molecule has 4 aromatic rings. The zero-order valence-corrected chi connectivity index (χ0v) is 41.6. The summed E-state index contributed by atoms with van der Waals surface area (Å²) in [6.07, 6.45) is -6.08. The molecule has 0 radical (unpaired) electrons. The van der Waals surface area contributed by atoms with Gasteiger partial charge in [-0.1, -0.05) is 109 Å². The van der Waals surface area contributed by atoms with Crippen LogP contribution in [0.3, 0.4) is 0 Å². The van der Waals surface area contributed by atoms with Crippen LogP contribution >= 0.6 is 12.2 Å². The minimum Gasteiger partial charge on any atom is -0.463 e. The number of nitrogens with zero attached hydrogens (tertiary/aromatic N) is 2. The minimum absolute atomic E-state index is 0.00261. The molecule has 17 nitrogen and oxygen atoms in total. The zero-order valence-electron chi connectivity index (χ0n) is 40.8. The minimum atomic E-state index is -1.30. The third-order valence-corrected chi connectivity index (χ3v) is 14.0. The van der Waals surface area contributed by atoms with E-state index in [4.69, 9.17) is 45.4 Å². The molecule has 4 aromatic carbocycles. The fourth-order valence-corrected chi connectivity index (χ4v) is 10.5. The van der Waals surface area contributed by atoms with Crippen LogP contribution in [0.5, 0.6) is 0 Å². The Morgan fingerprint density at radius 2 is 1.28 bits per heavy atom. The number of aliphatic hydroxyl groups is 1. The summed E-state index contributed by atoms with van der Waals surface area (Å²) in [5, 5.41) is 16.3. The second kappa shape index (κ2) is 23.5. The molecule has 4 aliphatic heterocycles. The monoisotopic (exact) mass is 1010 g/mol. The number of thiocarbonyl (C=S) groups is 1. The number of carbonyl (C=O) groups is 5. The second-order valence-electron chi connectivity index (χ2n) is 18.6. The molecule has 18 heteroatoms. The zero-order chi connectivity index (χ0) is 50.9. The average Bonchev–Trinajstić information content (AvgIpc) is 3.69. The number of benzene rings is 4. The number of piperidine rings is 1. The molecule has 1 amide bonds. The van der Waals surface area contributed by atoms with Crippen LogP contribution in [0.2, 0.25) is 0 Å². The molecule has 1 unspecified atom stereocenters.